The van der Waals surface area contributed by atoms with Crippen molar-refractivity contribution in [1.29, 1.82) is 0 Å². The van der Waals surface area contributed by atoms with E-state index in [9.17, 15) is 9.59 Å². The second-order valence-corrected chi connectivity index (χ2v) is 4.32. The average Bonchev–Trinajstić information content (AvgIpc) is 2.56. The Bertz CT molecular complexity index is 505. The molecule has 0 heterocycles. The molecule has 0 unspecified atom stereocenters. The van der Waals surface area contributed by atoms with Crippen LogP contribution in [0, 0.1) is 6.92 Å². The minimum Gasteiger partial charge on any atom is -0.478 e. The molecule has 1 rings (SSSR count). The monoisotopic (exact) mass is 340 g/mol. The van der Waals surface area contributed by atoms with Gasteiger partial charge in [-0.05, 0) is 12.0 Å². The molecule has 0 spiro atoms. The summed E-state index contributed by atoms with van der Waals surface area (Å²) in [5.41, 5.74) is 1.27. The minimum absolute atomic E-state index is 0. The Morgan fingerprint density at radius 2 is 1.67 bits per heavy atom. The van der Waals surface area contributed by atoms with Crippen LogP contribution in [0.25, 0.3) is 6.08 Å². The molecule has 24 heavy (non-hydrogen) atoms. The number of carbonyl (C=O) groups is 2. The molecule has 0 fully saturated rings. The van der Waals surface area contributed by atoms with Crippen LogP contribution in [0.4, 0.5) is 0 Å². The van der Waals surface area contributed by atoms with Crippen LogP contribution in [-0.4, -0.2) is 22.2 Å². The molecule has 4 nitrogen and oxygen atoms in total. The Morgan fingerprint density at radius 1 is 1.21 bits per heavy atom. The molecule has 0 radical (unpaired) electrons. The third-order valence-corrected chi connectivity index (χ3v) is 2.30. The van der Waals surface area contributed by atoms with Crippen molar-refractivity contribution in [3.8, 4) is 0 Å². The summed E-state index contributed by atoms with van der Waals surface area (Å²) in [5, 5.41) is 16.1. The van der Waals surface area contributed by atoms with Gasteiger partial charge in [0.15, 0.2) is 0 Å². The number of aliphatic carboxylic acids is 2. The van der Waals surface area contributed by atoms with Crippen molar-refractivity contribution < 1.29 is 49.4 Å². The normalized spacial score (nSPS) is 8.58. The summed E-state index contributed by atoms with van der Waals surface area (Å²) in [5.74, 6) is -1.92. The van der Waals surface area contributed by atoms with Gasteiger partial charge < -0.3 is 17.1 Å². The molecule has 0 saturated heterocycles. The summed E-state index contributed by atoms with van der Waals surface area (Å²) in [6.45, 7) is 12.1. The summed E-state index contributed by atoms with van der Waals surface area (Å²) in [6, 6.07) is 9.73. The van der Waals surface area contributed by atoms with E-state index in [1.54, 1.807) is 6.08 Å². The van der Waals surface area contributed by atoms with Gasteiger partial charge in [0.25, 0.3) is 0 Å². The standard InChI is InChI=1S/C12H12O2.C4H9.C3H4O2.Na/c1-10(12(13)14)6-5-9-11-7-3-2-4-8-11;1-3-4-2;1-2-3(4)5;/h2-5,7-9H,1,6H2,(H,13,14);1,3-4H2,2H3;2H,1H2,(H,4,5);/q;-1;;+1. The molecule has 0 aliphatic rings. The number of benzene rings is 1. The minimum atomic E-state index is -0.981. The molecule has 0 saturated carbocycles. The fourth-order valence-corrected chi connectivity index (χ4v) is 0.989. The number of unbranched alkanes of at least 4 members (excludes halogenated alkanes) is 1. The van der Waals surface area contributed by atoms with E-state index in [1.807, 2.05) is 36.4 Å². The van der Waals surface area contributed by atoms with E-state index in [-0.39, 0.29) is 35.1 Å². The molecule has 1 aromatic carbocycles. The van der Waals surface area contributed by atoms with E-state index in [0.29, 0.717) is 6.42 Å². The molecule has 0 aliphatic carbocycles. The Kier molecular flexibility index (Phi) is 22.0. The van der Waals surface area contributed by atoms with Crippen molar-refractivity contribution in [3.05, 3.63) is 73.7 Å². The van der Waals surface area contributed by atoms with Gasteiger partial charge >= 0.3 is 41.5 Å². The summed E-state index contributed by atoms with van der Waals surface area (Å²) in [6.07, 6.45) is 7.17. The molecular weight excluding hydrogens is 315 g/mol. The fourth-order valence-electron chi connectivity index (χ4n) is 0.989. The Labute approximate surface area is 166 Å². The molecule has 5 heteroatoms. The second-order valence-electron chi connectivity index (χ2n) is 4.32. The van der Waals surface area contributed by atoms with Crippen LogP contribution in [0.3, 0.4) is 0 Å². The summed E-state index contributed by atoms with van der Waals surface area (Å²) < 4.78 is 0. The largest absolute Gasteiger partial charge is 1.00 e. The molecule has 2 N–H and O–H groups in total. The number of allylic oxidation sites excluding steroid dienone is 1. The van der Waals surface area contributed by atoms with Gasteiger partial charge in [0.05, 0.1) is 0 Å². The van der Waals surface area contributed by atoms with E-state index < -0.39 is 11.9 Å². The van der Waals surface area contributed by atoms with Crippen LogP contribution in [-0.2, 0) is 9.59 Å². The van der Waals surface area contributed by atoms with Crippen LogP contribution in [0.15, 0.2) is 61.2 Å². The third-order valence-electron chi connectivity index (χ3n) is 2.30. The second kappa shape index (κ2) is 19.4. The Morgan fingerprint density at radius 3 is 2.00 bits per heavy atom. The van der Waals surface area contributed by atoms with Crippen molar-refractivity contribution in [2.24, 2.45) is 0 Å². The van der Waals surface area contributed by atoms with Crippen molar-refractivity contribution in [3.63, 3.8) is 0 Å². The molecule has 0 aromatic heterocycles. The molecular formula is C19H25NaO4. The van der Waals surface area contributed by atoms with Crippen molar-refractivity contribution in [2.75, 3.05) is 0 Å². The van der Waals surface area contributed by atoms with Gasteiger partial charge in [0.1, 0.15) is 0 Å². The Hall–Kier alpha value is -1.62. The van der Waals surface area contributed by atoms with E-state index in [4.69, 9.17) is 10.2 Å². The topological polar surface area (TPSA) is 74.6 Å². The summed E-state index contributed by atoms with van der Waals surface area (Å²) in [7, 11) is 0. The molecule has 0 amide bonds. The SMILES string of the molecule is C=C(CC=Cc1ccccc1)C(=O)O.C=CC(=O)O.[CH2-]CCC.[Na+]. The first-order valence-corrected chi connectivity index (χ1v) is 7.16. The van der Waals surface area contributed by atoms with E-state index in [2.05, 4.69) is 27.0 Å². The van der Waals surface area contributed by atoms with E-state index in [0.717, 1.165) is 18.1 Å². The van der Waals surface area contributed by atoms with Crippen LogP contribution in [0.1, 0.15) is 31.7 Å². The molecule has 126 valence electrons. The molecule has 0 aliphatic heterocycles. The van der Waals surface area contributed by atoms with Gasteiger partial charge in [0.2, 0.25) is 0 Å². The van der Waals surface area contributed by atoms with Gasteiger partial charge in [-0.1, -0.05) is 69.0 Å². The van der Waals surface area contributed by atoms with E-state index in [1.165, 1.54) is 6.42 Å². The fraction of sp³-hybridized carbons (Fsp3) is 0.211. The van der Waals surface area contributed by atoms with Crippen LogP contribution in [0.5, 0.6) is 0 Å². The first-order valence-electron chi connectivity index (χ1n) is 7.16. The maximum atomic E-state index is 10.4. The van der Waals surface area contributed by atoms with Crippen LogP contribution >= 0.6 is 0 Å². The molecule has 1 aromatic rings. The summed E-state index contributed by atoms with van der Waals surface area (Å²) >= 11 is 0. The Balaban J connectivity index is -0.000000370. The van der Waals surface area contributed by atoms with Crippen LogP contribution < -0.4 is 29.6 Å². The van der Waals surface area contributed by atoms with Gasteiger partial charge in [0, 0.05) is 11.6 Å². The predicted octanol–water partition coefficient (Wildman–Crippen LogP) is 1.61. The zero-order valence-corrected chi connectivity index (χ0v) is 16.6. The number of carboxylic acids is 2. The van der Waals surface area contributed by atoms with Gasteiger partial charge in [-0.2, -0.15) is 6.42 Å². The average molecular weight is 340 g/mol. The van der Waals surface area contributed by atoms with Crippen molar-refractivity contribution >= 4 is 18.0 Å². The number of hydrogen-bond donors (Lipinski definition) is 2. The van der Waals surface area contributed by atoms with Crippen molar-refractivity contribution in [2.45, 2.75) is 26.2 Å². The van der Waals surface area contributed by atoms with Crippen LogP contribution in [0.2, 0.25) is 0 Å². The smallest absolute Gasteiger partial charge is 0.478 e. The predicted molar refractivity (Wildman–Crippen MR) is 95.0 cm³/mol. The first-order chi connectivity index (χ1) is 10.9. The summed E-state index contributed by atoms with van der Waals surface area (Å²) in [4.78, 5) is 19.7. The number of hydrogen-bond acceptors (Lipinski definition) is 2. The maximum Gasteiger partial charge on any atom is 1.00 e. The number of rotatable bonds is 6. The van der Waals surface area contributed by atoms with Crippen molar-refractivity contribution in [1.82, 2.24) is 0 Å². The van der Waals surface area contributed by atoms with Gasteiger partial charge in [-0.25, -0.2) is 9.59 Å². The van der Waals surface area contributed by atoms with Gasteiger partial charge in [-0.3, -0.25) is 0 Å². The molecule has 0 bridgehead atoms. The third kappa shape index (κ3) is 20.4. The molecule has 0 atom stereocenters. The van der Waals surface area contributed by atoms with E-state index >= 15 is 0 Å². The van der Waals surface area contributed by atoms with Gasteiger partial charge in [-0.15, -0.1) is 0 Å². The quantitative estimate of drug-likeness (QED) is 0.469. The first kappa shape index (κ1) is 27.2. The maximum absolute atomic E-state index is 10.4. The number of carboxylic acid groups (broad SMARTS) is 2. The zero-order chi connectivity index (χ0) is 18.1. The zero-order valence-electron chi connectivity index (χ0n) is 14.6.